The van der Waals surface area contributed by atoms with E-state index in [0.717, 1.165) is 49.8 Å². The Labute approximate surface area is 214 Å². The third-order valence-corrected chi connectivity index (χ3v) is 7.85. The van der Waals surface area contributed by atoms with Crippen molar-refractivity contribution in [3.05, 3.63) is 64.7 Å². The van der Waals surface area contributed by atoms with Gasteiger partial charge in [-0.1, -0.05) is 48.4 Å². The molecular weight excluding hydrogens is 460 g/mol. The molecule has 2 aromatic carbocycles. The first-order chi connectivity index (χ1) is 16.9. The molecule has 188 valence electrons. The van der Waals surface area contributed by atoms with Gasteiger partial charge in [0.15, 0.2) is 0 Å². The molecule has 0 aliphatic carbocycles. The summed E-state index contributed by atoms with van der Waals surface area (Å²) in [5.74, 6) is 1.29. The summed E-state index contributed by atoms with van der Waals surface area (Å²) in [7, 11) is 0. The zero-order valence-electron chi connectivity index (χ0n) is 21.0. The van der Waals surface area contributed by atoms with E-state index in [1.54, 1.807) is 0 Å². The average Bonchev–Trinajstić information content (AvgIpc) is 2.85. The fourth-order valence-corrected chi connectivity index (χ4v) is 5.55. The minimum absolute atomic E-state index is 0.103. The molecule has 1 saturated heterocycles. The molecule has 0 unspecified atom stereocenters. The molecule has 6 heteroatoms. The summed E-state index contributed by atoms with van der Waals surface area (Å²) in [6.07, 6.45) is 5.66. The maximum Gasteiger partial charge on any atom is 0.229 e. The lowest BCUT2D eigenvalue weighted by Gasteiger charge is -2.44. The number of aryl methyl sites for hydroxylation is 1. The number of piperidine rings is 1. The third kappa shape index (κ3) is 6.19. The van der Waals surface area contributed by atoms with Crippen molar-refractivity contribution in [2.75, 3.05) is 26.2 Å². The lowest BCUT2D eigenvalue weighted by Crippen LogP contribution is -2.54. The number of carbonyl (C=O) groups excluding carboxylic acids is 2. The Bertz CT molecular complexity index is 1010. The molecule has 2 aliphatic rings. The molecule has 0 bridgehead atoms. The van der Waals surface area contributed by atoms with Crippen molar-refractivity contribution in [2.24, 2.45) is 5.41 Å². The zero-order chi connectivity index (χ0) is 24.8. The number of nitrogens with zero attached hydrogens (tertiary/aromatic N) is 2. The van der Waals surface area contributed by atoms with Crippen LogP contribution in [0.2, 0.25) is 5.02 Å². The molecule has 4 rings (SSSR count). The van der Waals surface area contributed by atoms with Crippen LogP contribution >= 0.6 is 11.6 Å². The zero-order valence-corrected chi connectivity index (χ0v) is 21.7. The minimum atomic E-state index is -0.403. The highest BCUT2D eigenvalue weighted by Gasteiger charge is 2.44. The quantitative estimate of drug-likeness (QED) is 0.561. The summed E-state index contributed by atoms with van der Waals surface area (Å²) in [5, 5.41) is 0.672. The van der Waals surface area contributed by atoms with Crippen molar-refractivity contribution in [3.63, 3.8) is 0 Å². The fraction of sp³-hybridized carbons (Fsp3) is 0.517. The number of ether oxygens (including phenoxy) is 1. The van der Waals surface area contributed by atoms with Crippen molar-refractivity contribution < 1.29 is 14.3 Å². The van der Waals surface area contributed by atoms with Crippen molar-refractivity contribution in [3.8, 4) is 5.75 Å². The van der Waals surface area contributed by atoms with Crippen LogP contribution in [-0.4, -0.2) is 53.9 Å². The van der Waals surface area contributed by atoms with E-state index >= 15 is 0 Å². The number of amides is 2. The first-order valence-corrected chi connectivity index (χ1v) is 13.3. The Morgan fingerprint density at radius 3 is 2.43 bits per heavy atom. The molecule has 1 spiro atoms. The number of benzene rings is 2. The summed E-state index contributed by atoms with van der Waals surface area (Å²) >= 11 is 5.98. The van der Waals surface area contributed by atoms with E-state index in [4.69, 9.17) is 16.3 Å². The standard InChI is InChI=1S/C29H37ClN2O3/c1-22(2)32-19-20-35-26-9-4-3-7-24(26)8-5-6-14-29(28(32)34)15-17-31(18-16-29)27(33)21-23-10-12-25(30)13-11-23/h3-4,7,9-13,22H,5-6,8,14-21H2,1-2H3. The van der Waals surface area contributed by atoms with Gasteiger partial charge in [-0.3, -0.25) is 9.59 Å². The van der Waals surface area contributed by atoms with Gasteiger partial charge in [-0.25, -0.2) is 0 Å². The first kappa shape index (κ1) is 25.6. The molecule has 0 N–H and O–H groups in total. The van der Waals surface area contributed by atoms with Gasteiger partial charge in [0.05, 0.1) is 18.4 Å². The van der Waals surface area contributed by atoms with E-state index in [2.05, 4.69) is 26.0 Å². The number of likely N-dealkylation sites (tertiary alicyclic amines) is 1. The molecular formula is C29H37ClN2O3. The number of carbonyl (C=O) groups is 2. The van der Waals surface area contributed by atoms with Gasteiger partial charge >= 0.3 is 0 Å². The summed E-state index contributed by atoms with van der Waals surface area (Å²) in [6.45, 7) is 6.48. The number of hydrogen-bond donors (Lipinski definition) is 0. The van der Waals surface area contributed by atoms with E-state index in [1.165, 1.54) is 5.56 Å². The molecule has 2 amide bonds. The van der Waals surface area contributed by atoms with E-state index in [1.807, 2.05) is 46.2 Å². The van der Waals surface area contributed by atoms with E-state index < -0.39 is 5.41 Å². The topological polar surface area (TPSA) is 49.9 Å². The molecule has 0 radical (unpaired) electrons. The number of rotatable bonds is 3. The highest BCUT2D eigenvalue weighted by atomic mass is 35.5. The molecule has 5 nitrogen and oxygen atoms in total. The van der Waals surface area contributed by atoms with Gasteiger partial charge in [-0.2, -0.15) is 0 Å². The van der Waals surface area contributed by atoms with Crippen LogP contribution in [0.3, 0.4) is 0 Å². The molecule has 2 aromatic rings. The first-order valence-electron chi connectivity index (χ1n) is 12.9. The second kappa shape index (κ2) is 11.5. The second-order valence-electron chi connectivity index (χ2n) is 10.2. The van der Waals surface area contributed by atoms with Crippen LogP contribution in [-0.2, 0) is 22.4 Å². The van der Waals surface area contributed by atoms with Gasteiger partial charge in [0.25, 0.3) is 0 Å². The van der Waals surface area contributed by atoms with Crippen molar-refractivity contribution in [1.29, 1.82) is 0 Å². The van der Waals surface area contributed by atoms with Gasteiger partial charge in [-0.15, -0.1) is 0 Å². The summed E-state index contributed by atoms with van der Waals surface area (Å²) in [5.41, 5.74) is 1.81. The van der Waals surface area contributed by atoms with Crippen molar-refractivity contribution in [2.45, 2.75) is 64.8 Å². The summed E-state index contributed by atoms with van der Waals surface area (Å²) in [4.78, 5) is 30.9. The summed E-state index contributed by atoms with van der Waals surface area (Å²) < 4.78 is 6.12. The van der Waals surface area contributed by atoms with Gasteiger partial charge in [0.2, 0.25) is 11.8 Å². The molecule has 0 saturated carbocycles. The van der Waals surface area contributed by atoms with Gasteiger partial charge in [0, 0.05) is 24.2 Å². The largest absolute Gasteiger partial charge is 0.491 e. The molecule has 2 heterocycles. The second-order valence-corrected chi connectivity index (χ2v) is 10.7. The lowest BCUT2D eigenvalue weighted by atomic mass is 9.72. The van der Waals surface area contributed by atoms with Crippen molar-refractivity contribution >= 4 is 23.4 Å². The number of halogens is 1. The Hall–Kier alpha value is -2.53. The summed E-state index contributed by atoms with van der Waals surface area (Å²) in [6, 6.07) is 15.8. The van der Waals surface area contributed by atoms with Gasteiger partial charge in [-0.05, 0) is 75.3 Å². The van der Waals surface area contributed by atoms with E-state index in [0.29, 0.717) is 37.7 Å². The minimum Gasteiger partial charge on any atom is -0.491 e. The van der Waals surface area contributed by atoms with Crippen LogP contribution < -0.4 is 4.74 Å². The number of para-hydroxylation sites is 1. The van der Waals surface area contributed by atoms with Crippen LogP contribution in [0.15, 0.2) is 48.5 Å². The monoisotopic (exact) mass is 496 g/mol. The molecule has 35 heavy (non-hydrogen) atoms. The van der Waals surface area contributed by atoms with Crippen LogP contribution in [0, 0.1) is 5.41 Å². The predicted octanol–water partition coefficient (Wildman–Crippen LogP) is 5.53. The average molecular weight is 497 g/mol. The van der Waals surface area contributed by atoms with Crippen LogP contribution in [0.1, 0.15) is 57.1 Å². The van der Waals surface area contributed by atoms with Gasteiger partial charge < -0.3 is 14.5 Å². The van der Waals surface area contributed by atoms with E-state index in [-0.39, 0.29) is 17.9 Å². The smallest absolute Gasteiger partial charge is 0.229 e. The maximum absolute atomic E-state index is 14.0. The van der Waals surface area contributed by atoms with Crippen LogP contribution in [0.5, 0.6) is 5.75 Å². The third-order valence-electron chi connectivity index (χ3n) is 7.59. The molecule has 0 aromatic heterocycles. The Morgan fingerprint density at radius 2 is 1.71 bits per heavy atom. The van der Waals surface area contributed by atoms with E-state index in [9.17, 15) is 9.59 Å². The lowest BCUT2D eigenvalue weighted by molar-refractivity contribution is -0.151. The Morgan fingerprint density at radius 1 is 1.00 bits per heavy atom. The van der Waals surface area contributed by atoms with Crippen LogP contribution in [0.4, 0.5) is 0 Å². The Kier molecular flexibility index (Phi) is 8.38. The number of fused-ring (bicyclic) bond motifs is 1. The van der Waals surface area contributed by atoms with Crippen molar-refractivity contribution in [1.82, 2.24) is 9.80 Å². The molecule has 1 fully saturated rings. The molecule has 0 atom stereocenters. The number of hydrogen-bond acceptors (Lipinski definition) is 3. The SMILES string of the molecule is CC(C)N1CCOc2ccccc2CCCCC2(CCN(C(=O)Cc3ccc(Cl)cc3)CC2)C1=O. The normalized spacial score (nSPS) is 19.0. The Balaban J connectivity index is 1.46. The highest BCUT2D eigenvalue weighted by molar-refractivity contribution is 6.30. The fourth-order valence-electron chi connectivity index (χ4n) is 5.43. The molecule has 2 aliphatic heterocycles. The highest BCUT2D eigenvalue weighted by Crippen LogP contribution is 2.40. The predicted molar refractivity (Wildman–Crippen MR) is 140 cm³/mol. The maximum atomic E-state index is 14.0. The van der Waals surface area contributed by atoms with Gasteiger partial charge in [0.1, 0.15) is 12.4 Å². The van der Waals surface area contributed by atoms with Crippen LogP contribution in [0.25, 0.3) is 0 Å².